The highest BCUT2D eigenvalue weighted by molar-refractivity contribution is 5.79. The molecule has 1 atom stereocenters. The van der Waals surface area contributed by atoms with Gasteiger partial charge in [0, 0.05) is 23.6 Å². The van der Waals surface area contributed by atoms with E-state index < -0.39 is 5.60 Å². The number of aryl methyl sites for hydroxylation is 1. The number of nitrogens with zero attached hydrogens (tertiary/aromatic N) is 1. The number of pyridine rings is 1. The molecule has 0 bridgehead atoms. The molecular formula is C17H15NO2. The third-order valence-electron chi connectivity index (χ3n) is 4.21. The Bertz CT molecular complexity index is 777. The molecule has 1 aliphatic rings. The predicted molar refractivity (Wildman–Crippen MR) is 76.4 cm³/mol. The van der Waals surface area contributed by atoms with Crippen LogP contribution in [0.15, 0.2) is 53.3 Å². The summed E-state index contributed by atoms with van der Waals surface area (Å²) in [5.74, 6) is 0.907. The van der Waals surface area contributed by atoms with Crippen molar-refractivity contribution in [3.05, 3.63) is 65.7 Å². The van der Waals surface area contributed by atoms with Crippen LogP contribution in [0.2, 0.25) is 0 Å². The van der Waals surface area contributed by atoms with Crippen LogP contribution in [0.1, 0.15) is 29.7 Å². The van der Waals surface area contributed by atoms with E-state index in [9.17, 15) is 5.11 Å². The molecule has 0 saturated heterocycles. The molecule has 0 aliphatic heterocycles. The maximum atomic E-state index is 11.2. The highest BCUT2D eigenvalue weighted by atomic mass is 16.3. The molecule has 4 rings (SSSR count). The number of furan rings is 1. The molecule has 1 aromatic carbocycles. The van der Waals surface area contributed by atoms with Crippen molar-refractivity contribution in [2.45, 2.75) is 24.9 Å². The second-order valence-electron chi connectivity index (χ2n) is 5.38. The van der Waals surface area contributed by atoms with Crippen molar-refractivity contribution in [3.63, 3.8) is 0 Å². The van der Waals surface area contributed by atoms with Crippen LogP contribution >= 0.6 is 0 Å². The van der Waals surface area contributed by atoms with Gasteiger partial charge in [0.25, 0.3) is 0 Å². The van der Waals surface area contributed by atoms with Crippen molar-refractivity contribution in [2.24, 2.45) is 0 Å². The van der Waals surface area contributed by atoms with Crippen LogP contribution in [-0.4, -0.2) is 10.1 Å². The third kappa shape index (κ3) is 1.60. The fourth-order valence-electron chi connectivity index (χ4n) is 3.17. The first kappa shape index (κ1) is 11.7. The van der Waals surface area contributed by atoms with Gasteiger partial charge in [-0.15, -0.1) is 0 Å². The molecule has 0 fully saturated rings. The van der Waals surface area contributed by atoms with Crippen LogP contribution in [0.5, 0.6) is 0 Å². The molecule has 3 aromatic rings. The lowest BCUT2D eigenvalue weighted by Gasteiger charge is -2.32. The van der Waals surface area contributed by atoms with Crippen LogP contribution in [-0.2, 0) is 12.0 Å². The molecule has 1 aliphatic carbocycles. The fraction of sp³-hybridized carbons (Fsp3) is 0.235. The first-order chi connectivity index (χ1) is 9.77. The SMILES string of the molecule is OC1(c2ccc3ncccc3c2)CCCc2occc21. The zero-order valence-corrected chi connectivity index (χ0v) is 11.0. The number of aliphatic hydroxyl groups is 1. The summed E-state index contributed by atoms with van der Waals surface area (Å²) in [5.41, 5.74) is 1.83. The summed E-state index contributed by atoms with van der Waals surface area (Å²) in [5, 5.41) is 12.2. The Labute approximate surface area is 116 Å². The van der Waals surface area contributed by atoms with Crippen molar-refractivity contribution >= 4 is 10.9 Å². The zero-order chi connectivity index (χ0) is 13.6. The lowest BCUT2D eigenvalue weighted by Crippen LogP contribution is -2.30. The largest absolute Gasteiger partial charge is 0.469 e. The smallest absolute Gasteiger partial charge is 0.118 e. The van der Waals surface area contributed by atoms with Crippen LogP contribution < -0.4 is 0 Å². The van der Waals surface area contributed by atoms with Crippen LogP contribution in [0.3, 0.4) is 0 Å². The maximum absolute atomic E-state index is 11.2. The van der Waals surface area contributed by atoms with E-state index in [4.69, 9.17) is 4.42 Å². The van der Waals surface area contributed by atoms with Gasteiger partial charge < -0.3 is 9.52 Å². The fourth-order valence-corrected chi connectivity index (χ4v) is 3.17. The lowest BCUT2D eigenvalue weighted by atomic mass is 9.78. The summed E-state index contributed by atoms with van der Waals surface area (Å²) >= 11 is 0. The second-order valence-corrected chi connectivity index (χ2v) is 5.38. The summed E-state index contributed by atoms with van der Waals surface area (Å²) in [7, 11) is 0. The van der Waals surface area contributed by atoms with Crippen molar-refractivity contribution in [3.8, 4) is 0 Å². The van der Waals surface area contributed by atoms with E-state index in [0.29, 0.717) is 0 Å². The molecule has 1 unspecified atom stereocenters. The first-order valence-electron chi connectivity index (χ1n) is 6.92. The van der Waals surface area contributed by atoms with Gasteiger partial charge >= 0.3 is 0 Å². The number of hydrogen-bond acceptors (Lipinski definition) is 3. The average Bonchev–Trinajstić information content (AvgIpc) is 2.97. The van der Waals surface area contributed by atoms with Gasteiger partial charge in [0.15, 0.2) is 0 Å². The van der Waals surface area contributed by atoms with Gasteiger partial charge in [0.1, 0.15) is 11.4 Å². The second kappa shape index (κ2) is 4.18. The molecule has 2 heterocycles. The summed E-state index contributed by atoms with van der Waals surface area (Å²) in [6.45, 7) is 0. The topological polar surface area (TPSA) is 46.3 Å². The molecule has 0 saturated carbocycles. The Hall–Kier alpha value is -2.13. The normalized spacial score (nSPS) is 21.9. The zero-order valence-electron chi connectivity index (χ0n) is 11.0. The van der Waals surface area contributed by atoms with Crippen LogP contribution in [0, 0.1) is 0 Å². The lowest BCUT2D eigenvalue weighted by molar-refractivity contribution is 0.0591. The van der Waals surface area contributed by atoms with E-state index in [1.165, 1.54) is 0 Å². The Morgan fingerprint density at radius 1 is 1.20 bits per heavy atom. The molecule has 0 amide bonds. The van der Waals surface area contributed by atoms with Gasteiger partial charge in [-0.25, -0.2) is 0 Å². The van der Waals surface area contributed by atoms with E-state index >= 15 is 0 Å². The molecule has 0 spiro atoms. The minimum absolute atomic E-state index is 0.727. The number of rotatable bonds is 1. The Morgan fingerprint density at radius 2 is 2.15 bits per heavy atom. The minimum Gasteiger partial charge on any atom is -0.469 e. The van der Waals surface area contributed by atoms with Gasteiger partial charge in [-0.3, -0.25) is 4.98 Å². The average molecular weight is 265 g/mol. The highest BCUT2D eigenvalue weighted by Crippen LogP contribution is 2.41. The van der Waals surface area contributed by atoms with E-state index in [-0.39, 0.29) is 0 Å². The van der Waals surface area contributed by atoms with E-state index in [1.807, 2.05) is 36.4 Å². The van der Waals surface area contributed by atoms with Crippen molar-refractivity contribution < 1.29 is 9.52 Å². The monoisotopic (exact) mass is 265 g/mol. The molecule has 0 radical (unpaired) electrons. The summed E-state index contributed by atoms with van der Waals surface area (Å²) in [6, 6.07) is 11.8. The Morgan fingerprint density at radius 3 is 3.10 bits per heavy atom. The van der Waals surface area contributed by atoms with Gasteiger partial charge in [-0.05, 0) is 42.7 Å². The number of fused-ring (bicyclic) bond motifs is 2. The van der Waals surface area contributed by atoms with Crippen molar-refractivity contribution in [1.82, 2.24) is 4.98 Å². The minimum atomic E-state index is -0.940. The van der Waals surface area contributed by atoms with Gasteiger partial charge in [-0.2, -0.15) is 0 Å². The van der Waals surface area contributed by atoms with E-state index in [0.717, 1.165) is 47.1 Å². The first-order valence-corrected chi connectivity index (χ1v) is 6.92. The third-order valence-corrected chi connectivity index (χ3v) is 4.21. The molecule has 1 N–H and O–H groups in total. The molecule has 100 valence electrons. The quantitative estimate of drug-likeness (QED) is 0.733. The molecule has 20 heavy (non-hydrogen) atoms. The predicted octanol–water partition coefficient (Wildman–Crippen LogP) is 3.40. The van der Waals surface area contributed by atoms with Crippen LogP contribution in [0.25, 0.3) is 10.9 Å². The highest BCUT2D eigenvalue weighted by Gasteiger charge is 2.37. The van der Waals surface area contributed by atoms with Crippen LogP contribution in [0.4, 0.5) is 0 Å². The Kier molecular flexibility index (Phi) is 2.44. The molecule has 3 heteroatoms. The molecule has 2 aromatic heterocycles. The van der Waals surface area contributed by atoms with E-state index in [1.54, 1.807) is 12.5 Å². The van der Waals surface area contributed by atoms with E-state index in [2.05, 4.69) is 4.98 Å². The van der Waals surface area contributed by atoms with Gasteiger partial charge in [0.05, 0.1) is 11.8 Å². The van der Waals surface area contributed by atoms with Crippen molar-refractivity contribution in [2.75, 3.05) is 0 Å². The summed E-state index contributed by atoms with van der Waals surface area (Å²) in [4.78, 5) is 4.32. The molecular weight excluding hydrogens is 250 g/mol. The number of aromatic nitrogens is 1. The number of hydrogen-bond donors (Lipinski definition) is 1. The standard InChI is InChI=1S/C17H15NO2/c19-17(8-1-4-16-14(17)7-10-20-16)13-5-6-15-12(11-13)3-2-9-18-15/h2-3,5-7,9-11,19H,1,4,8H2. The summed E-state index contributed by atoms with van der Waals surface area (Å²) < 4.78 is 5.49. The van der Waals surface area contributed by atoms with Crippen molar-refractivity contribution in [1.29, 1.82) is 0 Å². The van der Waals surface area contributed by atoms with Gasteiger partial charge in [-0.1, -0.05) is 12.1 Å². The molecule has 3 nitrogen and oxygen atoms in total. The maximum Gasteiger partial charge on any atom is 0.118 e. The Balaban J connectivity index is 1.91. The van der Waals surface area contributed by atoms with Gasteiger partial charge in [0.2, 0.25) is 0 Å². The number of benzene rings is 1. The summed E-state index contributed by atoms with van der Waals surface area (Å²) in [6.07, 6.45) is 6.02.